The maximum Gasteiger partial charge on any atom is 0.273 e. The molecule has 0 aliphatic carbocycles. The molecule has 1 unspecified atom stereocenters. The van der Waals surface area contributed by atoms with Crippen molar-refractivity contribution in [2.45, 2.75) is 25.8 Å². The summed E-state index contributed by atoms with van der Waals surface area (Å²) in [5.74, 6) is 1.04. The molecule has 1 aliphatic heterocycles. The number of ether oxygens (including phenoxy) is 2. The Kier molecular flexibility index (Phi) is 5.30. The summed E-state index contributed by atoms with van der Waals surface area (Å²) in [6.07, 6.45) is 1.70. The molecule has 0 saturated carbocycles. The molecule has 1 fully saturated rings. The van der Waals surface area contributed by atoms with Crippen LogP contribution in [0.5, 0.6) is 11.5 Å². The van der Waals surface area contributed by atoms with Crippen LogP contribution in [-0.2, 0) is 0 Å². The third kappa shape index (κ3) is 3.58. The van der Waals surface area contributed by atoms with E-state index in [9.17, 15) is 14.9 Å². The van der Waals surface area contributed by atoms with E-state index in [0.717, 1.165) is 18.4 Å². The topological polar surface area (TPSA) is 81.9 Å². The number of amides is 1. The van der Waals surface area contributed by atoms with Crippen LogP contribution >= 0.6 is 0 Å². The van der Waals surface area contributed by atoms with Crippen LogP contribution in [0.1, 0.15) is 40.4 Å². The van der Waals surface area contributed by atoms with Crippen molar-refractivity contribution in [1.82, 2.24) is 4.90 Å². The first-order valence-electron chi connectivity index (χ1n) is 8.74. The van der Waals surface area contributed by atoms with Crippen molar-refractivity contribution < 1.29 is 19.2 Å². The Bertz CT molecular complexity index is 881. The lowest BCUT2D eigenvalue weighted by atomic mass is 10.0. The number of rotatable bonds is 5. The third-order valence-electron chi connectivity index (χ3n) is 4.96. The van der Waals surface area contributed by atoms with E-state index in [1.165, 1.54) is 6.07 Å². The van der Waals surface area contributed by atoms with Gasteiger partial charge in [-0.2, -0.15) is 0 Å². The van der Waals surface area contributed by atoms with Crippen LogP contribution in [-0.4, -0.2) is 36.5 Å². The van der Waals surface area contributed by atoms with Crippen LogP contribution in [0.4, 0.5) is 5.69 Å². The molecule has 7 heteroatoms. The molecule has 1 amide bonds. The van der Waals surface area contributed by atoms with Crippen LogP contribution in [0.2, 0.25) is 0 Å². The predicted octanol–water partition coefficient (Wildman–Crippen LogP) is 3.90. The highest BCUT2D eigenvalue weighted by molar-refractivity contribution is 5.95. The SMILES string of the molecule is COc1ccc(C2CCCN2C(=O)c2ccc(C)c([N+](=O)[O-])c2)cc1OC. The van der Waals surface area contributed by atoms with E-state index >= 15 is 0 Å². The second-order valence-corrected chi connectivity index (χ2v) is 6.53. The number of aryl methyl sites for hydroxylation is 1. The number of nitro groups is 1. The second kappa shape index (κ2) is 7.65. The fourth-order valence-corrected chi connectivity index (χ4v) is 3.52. The van der Waals surface area contributed by atoms with Crippen molar-refractivity contribution in [3.8, 4) is 11.5 Å². The van der Waals surface area contributed by atoms with E-state index in [-0.39, 0.29) is 17.6 Å². The largest absolute Gasteiger partial charge is 0.493 e. The zero-order valence-corrected chi connectivity index (χ0v) is 15.6. The summed E-state index contributed by atoms with van der Waals surface area (Å²) < 4.78 is 10.6. The van der Waals surface area contributed by atoms with Crippen molar-refractivity contribution in [1.29, 1.82) is 0 Å². The van der Waals surface area contributed by atoms with Gasteiger partial charge in [-0.1, -0.05) is 12.1 Å². The van der Waals surface area contributed by atoms with Crippen molar-refractivity contribution in [3.63, 3.8) is 0 Å². The van der Waals surface area contributed by atoms with Crippen molar-refractivity contribution >= 4 is 11.6 Å². The lowest BCUT2D eigenvalue weighted by molar-refractivity contribution is -0.385. The first kappa shape index (κ1) is 18.7. The van der Waals surface area contributed by atoms with Gasteiger partial charge >= 0.3 is 0 Å². The maximum atomic E-state index is 13.0. The van der Waals surface area contributed by atoms with E-state index in [1.54, 1.807) is 38.2 Å². The number of benzene rings is 2. The number of likely N-dealkylation sites (tertiary alicyclic amines) is 1. The smallest absolute Gasteiger partial charge is 0.273 e. The van der Waals surface area contributed by atoms with Gasteiger partial charge in [0.2, 0.25) is 0 Å². The molecule has 1 heterocycles. The van der Waals surface area contributed by atoms with E-state index in [0.29, 0.717) is 29.2 Å². The second-order valence-electron chi connectivity index (χ2n) is 6.53. The molecule has 0 aromatic heterocycles. The summed E-state index contributed by atoms with van der Waals surface area (Å²) in [6, 6.07) is 10.2. The van der Waals surface area contributed by atoms with E-state index in [2.05, 4.69) is 0 Å². The molecular weight excluding hydrogens is 348 g/mol. The van der Waals surface area contributed by atoms with Crippen molar-refractivity contribution in [2.24, 2.45) is 0 Å². The maximum absolute atomic E-state index is 13.0. The molecule has 2 aromatic carbocycles. The van der Waals surface area contributed by atoms with E-state index in [4.69, 9.17) is 9.47 Å². The molecule has 27 heavy (non-hydrogen) atoms. The van der Waals surface area contributed by atoms with Crippen LogP contribution in [0.25, 0.3) is 0 Å². The van der Waals surface area contributed by atoms with Gasteiger partial charge in [0, 0.05) is 23.7 Å². The van der Waals surface area contributed by atoms with Gasteiger partial charge in [-0.3, -0.25) is 14.9 Å². The van der Waals surface area contributed by atoms with Crippen LogP contribution in [0.15, 0.2) is 36.4 Å². The number of carbonyl (C=O) groups is 1. The van der Waals surface area contributed by atoms with Crippen LogP contribution in [0.3, 0.4) is 0 Å². The van der Waals surface area contributed by atoms with Gasteiger partial charge in [0.1, 0.15) is 0 Å². The van der Waals surface area contributed by atoms with Crippen molar-refractivity contribution in [2.75, 3.05) is 20.8 Å². The molecule has 1 saturated heterocycles. The number of nitro benzene ring substituents is 1. The fraction of sp³-hybridized carbons (Fsp3) is 0.350. The Labute approximate surface area is 157 Å². The number of hydrogen-bond acceptors (Lipinski definition) is 5. The average molecular weight is 370 g/mol. The molecule has 0 N–H and O–H groups in total. The zero-order chi connectivity index (χ0) is 19.6. The minimum atomic E-state index is -0.456. The summed E-state index contributed by atoms with van der Waals surface area (Å²) in [7, 11) is 3.15. The number of nitrogens with zero attached hydrogens (tertiary/aromatic N) is 2. The molecule has 0 radical (unpaired) electrons. The molecule has 7 nitrogen and oxygen atoms in total. The molecular formula is C20H22N2O5. The Morgan fingerprint density at radius 3 is 2.56 bits per heavy atom. The molecule has 0 bridgehead atoms. The molecule has 2 aromatic rings. The standard InChI is InChI=1S/C20H22N2O5/c1-13-6-7-15(11-17(13)22(24)25)20(23)21-10-4-5-16(21)14-8-9-18(26-2)19(12-14)27-3/h6-9,11-12,16H,4-5,10H2,1-3H3. The Balaban J connectivity index is 1.91. The average Bonchev–Trinajstić information content (AvgIpc) is 3.16. The Morgan fingerprint density at radius 2 is 1.89 bits per heavy atom. The van der Waals surface area contributed by atoms with Gasteiger partial charge in [-0.05, 0) is 43.5 Å². The van der Waals surface area contributed by atoms with Gasteiger partial charge in [-0.25, -0.2) is 0 Å². The summed E-state index contributed by atoms with van der Waals surface area (Å²) in [5.41, 5.74) is 1.79. The molecule has 142 valence electrons. The summed E-state index contributed by atoms with van der Waals surface area (Å²) in [4.78, 5) is 25.5. The van der Waals surface area contributed by atoms with E-state index < -0.39 is 4.92 Å². The van der Waals surface area contributed by atoms with Gasteiger partial charge in [0.25, 0.3) is 11.6 Å². The molecule has 1 aliphatic rings. The highest BCUT2D eigenvalue weighted by Gasteiger charge is 2.32. The van der Waals surface area contributed by atoms with E-state index in [1.807, 2.05) is 18.2 Å². The highest BCUT2D eigenvalue weighted by Crippen LogP contribution is 2.37. The van der Waals surface area contributed by atoms with Crippen molar-refractivity contribution in [3.05, 3.63) is 63.2 Å². The highest BCUT2D eigenvalue weighted by atomic mass is 16.6. The lowest BCUT2D eigenvalue weighted by Crippen LogP contribution is -2.30. The zero-order valence-electron chi connectivity index (χ0n) is 15.6. The van der Waals surface area contributed by atoms with Gasteiger partial charge in [0.15, 0.2) is 11.5 Å². The molecule has 1 atom stereocenters. The first-order chi connectivity index (χ1) is 13.0. The van der Waals surface area contributed by atoms with Crippen LogP contribution < -0.4 is 9.47 Å². The summed E-state index contributed by atoms with van der Waals surface area (Å²) in [6.45, 7) is 2.27. The van der Waals surface area contributed by atoms with Crippen LogP contribution in [0, 0.1) is 17.0 Å². The van der Waals surface area contributed by atoms with Gasteiger partial charge in [0.05, 0.1) is 25.2 Å². The lowest BCUT2D eigenvalue weighted by Gasteiger charge is -2.26. The monoisotopic (exact) mass is 370 g/mol. The molecule has 3 rings (SSSR count). The minimum Gasteiger partial charge on any atom is -0.493 e. The Hall–Kier alpha value is -3.09. The Morgan fingerprint density at radius 1 is 1.15 bits per heavy atom. The fourth-order valence-electron chi connectivity index (χ4n) is 3.52. The number of hydrogen-bond donors (Lipinski definition) is 0. The first-order valence-corrected chi connectivity index (χ1v) is 8.74. The normalized spacial score (nSPS) is 16.3. The molecule has 0 spiro atoms. The minimum absolute atomic E-state index is 0.0392. The summed E-state index contributed by atoms with van der Waals surface area (Å²) in [5, 5.41) is 11.2. The third-order valence-corrected chi connectivity index (χ3v) is 4.96. The van der Waals surface area contributed by atoms with Gasteiger partial charge in [-0.15, -0.1) is 0 Å². The predicted molar refractivity (Wildman–Crippen MR) is 100 cm³/mol. The quantitative estimate of drug-likeness (QED) is 0.589. The summed E-state index contributed by atoms with van der Waals surface area (Å²) >= 11 is 0. The van der Waals surface area contributed by atoms with Gasteiger partial charge < -0.3 is 14.4 Å². The number of carbonyl (C=O) groups excluding carboxylic acids is 1. The number of methoxy groups -OCH3 is 2.